The third-order valence-corrected chi connectivity index (χ3v) is 6.87. The fraction of sp³-hybridized carbons (Fsp3) is 0.0909. The van der Waals surface area contributed by atoms with Crippen molar-refractivity contribution in [1.29, 1.82) is 0 Å². The number of rotatable bonds is 8. The second kappa shape index (κ2) is 9.74. The van der Waals surface area contributed by atoms with E-state index >= 15 is 0 Å². The number of halogens is 1. The van der Waals surface area contributed by atoms with Crippen LogP contribution < -0.4 is 14.8 Å². The molecular weight excluding hydrogens is 486 g/mol. The van der Waals surface area contributed by atoms with Crippen molar-refractivity contribution in [3.05, 3.63) is 71.8 Å². The number of oxazole rings is 1. The zero-order valence-corrected chi connectivity index (χ0v) is 19.6. The first-order valence-corrected chi connectivity index (χ1v) is 12.4. The van der Waals surface area contributed by atoms with Crippen LogP contribution in [0.1, 0.15) is 0 Å². The lowest BCUT2D eigenvalue weighted by atomic mass is 10.3. The molecule has 170 valence electrons. The van der Waals surface area contributed by atoms with E-state index in [1.54, 1.807) is 48.5 Å². The summed E-state index contributed by atoms with van der Waals surface area (Å²) in [6.07, 6.45) is 0. The molecule has 1 aromatic heterocycles. The smallest absolute Gasteiger partial charge is 0.261 e. The summed E-state index contributed by atoms with van der Waals surface area (Å²) in [5, 5.41) is 3.51. The number of methoxy groups -OCH3 is 1. The molecule has 0 fully saturated rings. The number of thioether (sulfide) groups is 1. The first kappa shape index (κ1) is 23.0. The van der Waals surface area contributed by atoms with Gasteiger partial charge in [-0.05, 0) is 60.7 Å². The minimum atomic E-state index is -3.83. The van der Waals surface area contributed by atoms with Crippen LogP contribution in [0.5, 0.6) is 5.75 Å². The van der Waals surface area contributed by atoms with Crippen molar-refractivity contribution in [3.8, 4) is 5.75 Å². The molecule has 0 saturated carbocycles. The lowest BCUT2D eigenvalue weighted by Crippen LogP contribution is -2.13. The second-order valence-electron chi connectivity index (χ2n) is 6.79. The standard InChI is InChI=1S/C22H18ClN3O5S2/c1-30-17-7-5-15(6-8-17)26-33(28,29)18-9-10-20-19(12-18)25-22(31-20)32-13-21(27)24-16-4-2-3-14(23)11-16/h2-12,26H,13H2,1H3,(H,24,27). The van der Waals surface area contributed by atoms with Gasteiger partial charge in [0.25, 0.3) is 15.2 Å². The Kier molecular flexibility index (Phi) is 6.77. The van der Waals surface area contributed by atoms with Crippen LogP contribution in [0.3, 0.4) is 0 Å². The van der Waals surface area contributed by atoms with Gasteiger partial charge >= 0.3 is 0 Å². The van der Waals surface area contributed by atoms with Crippen molar-refractivity contribution in [2.24, 2.45) is 0 Å². The van der Waals surface area contributed by atoms with Crippen LogP contribution in [-0.2, 0) is 14.8 Å². The number of carbonyl (C=O) groups is 1. The molecule has 3 aromatic carbocycles. The van der Waals surface area contributed by atoms with E-state index in [-0.39, 0.29) is 21.8 Å². The summed E-state index contributed by atoms with van der Waals surface area (Å²) in [7, 11) is -2.30. The Labute approximate surface area is 199 Å². The van der Waals surface area contributed by atoms with Gasteiger partial charge in [-0.2, -0.15) is 0 Å². The summed E-state index contributed by atoms with van der Waals surface area (Å²) in [6.45, 7) is 0. The number of nitrogens with one attached hydrogen (secondary N) is 2. The number of aromatic nitrogens is 1. The van der Waals surface area contributed by atoms with Crippen molar-refractivity contribution in [3.63, 3.8) is 0 Å². The maximum atomic E-state index is 12.8. The molecule has 0 bridgehead atoms. The van der Waals surface area contributed by atoms with Gasteiger partial charge in [0.2, 0.25) is 5.91 Å². The summed E-state index contributed by atoms with van der Waals surface area (Å²) >= 11 is 7.01. The average molecular weight is 504 g/mol. The van der Waals surface area contributed by atoms with Crippen molar-refractivity contribution in [2.75, 3.05) is 22.9 Å². The van der Waals surface area contributed by atoms with Gasteiger partial charge in [-0.1, -0.05) is 29.4 Å². The number of anilines is 2. The lowest BCUT2D eigenvalue weighted by Gasteiger charge is -2.08. The van der Waals surface area contributed by atoms with Crippen molar-refractivity contribution < 1.29 is 22.4 Å². The number of benzene rings is 3. The second-order valence-corrected chi connectivity index (χ2v) is 9.84. The summed E-state index contributed by atoms with van der Waals surface area (Å²) in [6, 6.07) is 17.7. The van der Waals surface area contributed by atoms with E-state index in [4.69, 9.17) is 20.8 Å². The molecule has 0 atom stereocenters. The molecule has 0 aliphatic rings. The van der Waals surface area contributed by atoms with Crippen LogP contribution in [0.25, 0.3) is 11.1 Å². The van der Waals surface area contributed by atoms with Gasteiger partial charge in [0.1, 0.15) is 11.3 Å². The molecule has 1 amide bonds. The SMILES string of the molecule is COc1ccc(NS(=O)(=O)c2ccc3oc(SCC(=O)Nc4cccc(Cl)c4)nc3c2)cc1. The molecule has 0 unspecified atom stereocenters. The summed E-state index contributed by atoms with van der Waals surface area (Å²) in [5.74, 6) is 0.425. The molecule has 0 saturated heterocycles. The van der Waals surface area contributed by atoms with E-state index in [0.717, 1.165) is 11.8 Å². The fourth-order valence-electron chi connectivity index (χ4n) is 2.88. The summed E-state index contributed by atoms with van der Waals surface area (Å²) < 4.78 is 38.7. The predicted octanol–water partition coefficient (Wildman–Crippen LogP) is 5.02. The van der Waals surface area contributed by atoms with E-state index in [0.29, 0.717) is 33.2 Å². The molecule has 11 heteroatoms. The van der Waals surface area contributed by atoms with Gasteiger partial charge in [-0.25, -0.2) is 13.4 Å². The van der Waals surface area contributed by atoms with Crippen molar-refractivity contribution >= 4 is 61.8 Å². The third-order valence-electron chi connectivity index (χ3n) is 4.43. The number of ether oxygens (including phenoxy) is 1. The Morgan fingerprint density at radius 1 is 1.09 bits per heavy atom. The topological polar surface area (TPSA) is 111 Å². The summed E-state index contributed by atoms with van der Waals surface area (Å²) in [5.41, 5.74) is 1.77. The normalized spacial score (nSPS) is 11.3. The Morgan fingerprint density at radius 2 is 1.88 bits per heavy atom. The maximum Gasteiger partial charge on any atom is 0.261 e. The molecule has 4 aromatic rings. The van der Waals surface area contributed by atoms with E-state index in [1.165, 1.54) is 25.3 Å². The van der Waals surface area contributed by atoms with E-state index in [9.17, 15) is 13.2 Å². The van der Waals surface area contributed by atoms with E-state index < -0.39 is 10.0 Å². The first-order chi connectivity index (χ1) is 15.8. The number of carbonyl (C=O) groups excluding carboxylic acids is 1. The highest BCUT2D eigenvalue weighted by Gasteiger charge is 2.17. The molecule has 0 aliphatic carbocycles. The number of nitrogens with zero attached hydrogens (tertiary/aromatic N) is 1. The lowest BCUT2D eigenvalue weighted by molar-refractivity contribution is -0.113. The van der Waals surface area contributed by atoms with Crippen molar-refractivity contribution in [1.82, 2.24) is 4.98 Å². The molecule has 0 aliphatic heterocycles. The molecule has 33 heavy (non-hydrogen) atoms. The van der Waals surface area contributed by atoms with Gasteiger partial charge in [0.05, 0.1) is 17.8 Å². The predicted molar refractivity (Wildman–Crippen MR) is 129 cm³/mol. The number of sulfonamides is 1. The number of hydrogen-bond donors (Lipinski definition) is 2. The Balaban J connectivity index is 1.43. The van der Waals surface area contributed by atoms with Crippen LogP contribution in [0.4, 0.5) is 11.4 Å². The highest BCUT2D eigenvalue weighted by molar-refractivity contribution is 7.99. The summed E-state index contributed by atoms with van der Waals surface area (Å²) in [4.78, 5) is 16.5. The van der Waals surface area contributed by atoms with Gasteiger partial charge < -0.3 is 14.5 Å². The molecule has 2 N–H and O–H groups in total. The van der Waals surface area contributed by atoms with Gasteiger partial charge in [0, 0.05) is 16.4 Å². The zero-order valence-electron chi connectivity index (χ0n) is 17.2. The quantitative estimate of drug-likeness (QED) is 0.325. The largest absolute Gasteiger partial charge is 0.497 e. The fourth-order valence-corrected chi connectivity index (χ4v) is 4.79. The van der Waals surface area contributed by atoms with Gasteiger partial charge in [-0.15, -0.1) is 0 Å². The van der Waals surface area contributed by atoms with Gasteiger partial charge in [0.15, 0.2) is 5.58 Å². The molecular formula is C22H18ClN3O5S2. The number of fused-ring (bicyclic) bond motifs is 1. The molecule has 0 radical (unpaired) electrons. The van der Waals surface area contributed by atoms with Crippen LogP contribution in [-0.4, -0.2) is 32.2 Å². The average Bonchev–Trinajstić information content (AvgIpc) is 3.20. The van der Waals surface area contributed by atoms with E-state index in [1.807, 2.05) is 0 Å². The molecule has 1 heterocycles. The Bertz CT molecular complexity index is 1410. The van der Waals surface area contributed by atoms with Crippen LogP contribution in [0.2, 0.25) is 5.02 Å². The van der Waals surface area contributed by atoms with Crippen LogP contribution in [0.15, 0.2) is 81.3 Å². The highest BCUT2D eigenvalue weighted by atomic mass is 35.5. The van der Waals surface area contributed by atoms with Crippen LogP contribution >= 0.6 is 23.4 Å². The zero-order chi connectivity index (χ0) is 23.4. The molecule has 0 spiro atoms. The van der Waals surface area contributed by atoms with Crippen LogP contribution in [0, 0.1) is 0 Å². The van der Waals surface area contributed by atoms with E-state index in [2.05, 4.69) is 15.0 Å². The third kappa shape index (κ3) is 5.78. The number of hydrogen-bond acceptors (Lipinski definition) is 7. The minimum Gasteiger partial charge on any atom is -0.497 e. The maximum absolute atomic E-state index is 12.8. The van der Waals surface area contributed by atoms with Crippen molar-refractivity contribution in [2.45, 2.75) is 10.1 Å². The molecule has 4 rings (SSSR count). The first-order valence-electron chi connectivity index (χ1n) is 9.58. The van der Waals surface area contributed by atoms with Gasteiger partial charge in [-0.3, -0.25) is 9.52 Å². The minimum absolute atomic E-state index is 0.0365. The molecule has 8 nitrogen and oxygen atoms in total. The number of amides is 1. The Hall–Kier alpha value is -3.21. The monoisotopic (exact) mass is 503 g/mol. The Morgan fingerprint density at radius 3 is 2.61 bits per heavy atom. The highest BCUT2D eigenvalue weighted by Crippen LogP contribution is 2.27.